The number of rotatable bonds is 66. The maximum Gasteiger partial charge on any atom is 0.243 e. The van der Waals surface area contributed by atoms with E-state index in [1.54, 1.807) is 0 Å². The lowest BCUT2D eigenvalue weighted by Gasteiger charge is -2.31. The summed E-state index contributed by atoms with van der Waals surface area (Å²) in [5, 5.41) is 51.1. The largest absolute Gasteiger partial charge is 0.392 e. The molecule has 0 aliphatic carbocycles. The first kappa shape index (κ1) is 87.6. The molecule has 1 saturated heterocycles. The SMILES string of the molecule is CC/C=C\C/C=C\C/C=C\CCCCCCC(O)CN(CCCCC1NC(=O)C(CCCCN(CC(O)CCCCCC/C=C\C/C=C\C/C=C\CC)CC(O)CCCCCC/C=C\C/C=C\C/C=C\CC)NC1=O)CC(O)CCCCCC/C=C\C/C=C\C/C=C\CC. The number of allylic oxidation sites excluding steroid dienone is 24. The summed E-state index contributed by atoms with van der Waals surface area (Å²) in [5.74, 6) is -0.270. The van der Waals surface area contributed by atoms with Crippen molar-refractivity contribution in [2.24, 2.45) is 0 Å². The van der Waals surface area contributed by atoms with Crippen molar-refractivity contribution in [1.29, 1.82) is 0 Å². The average molecular weight is 1310 g/mol. The van der Waals surface area contributed by atoms with Gasteiger partial charge >= 0.3 is 0 Å². The maximum absolute atomic E-state index is 13.5. The van der Waals surface area contributed by atoms with Crippen LogP contribution < -0.4 is 10.6 Å². The number of hydrogen-bond acceptors (Lipinski definition) is 8. The van der Waals surface area contributed by atoms with E-state index < -0.39 is 36.5 Å². The van der Waals surface area contributed by atoms with Gasteiger partial charge in [-0.1, -0.05) is 251 Å². The number of piperazine rings is 1. The van der Waals surface area contributed by atoms with Crippen molar-refractivity contribution in [3.05, 3.63) is 146 Å². The molecule has 1 aliphatic heterocycles. The summed E-state index contributed by atoms with van der Waals surface area (Å²) in [6.45, 7) is 12.1. The van der Waals surface area contributed by atoms with Crippen LogP contribution in [0.25, 0.3) is 0 Å². The normalized spacial score (nSPS) is 16.8. The second-order valence-corrected chi connectivity index (χ2v) is 26.4. The third kappa shape index (κ3) is 58.9. The zero-order valence-electron chi connectivity index (χ0n) is 60.8. The van der Waals surface area contributed by atoms with Crippen LogP contribution in [0.1, 0.15) is 297 Å². The number of unbranched alkanes of at least 4 members (excludes halogenated alkanes) is 18. The minimum absolute atomic E-state index is 0.135. The van der Waals surface area contributed by atoms with Crippen LogP contribution in [0, 0.1) is 0 Å². The minimum Gasteiger partial charge on any atom is -0.392 e. The minimum atomic E-state index is -0.581. The van der Waals surface area contributed by atoms with E-state index in [0.29, 0.717) is 52.1 Å². The lowest BCUT2D eigenvalue weighted by atomic mass is 10.0. The number of carbonyl (C=O) groups is 2. The zero-order chi connectivity index (χ0) is 68.1. The van der Waals surface area contributed by atoms with E-state index in [-0.39, 0.29) is 11.8 Å². The third-order valence-electron chi connectivity index (χ3n) is 17.3. The van der Waals surface area contributed by atoms with E-state index in [2.05, 4.69) is 194 Å². The van der Waals surface area contributed by atoms with Crippen LogP contribution in [0.15, 0.2) is 146 Å². The highest BCUT2D eigenvalue weighted by Crippen LogP contribution is 2.18. The van der Waals surface area contributed by atoms with Gasteiger partial charge in [0.15, 0.2) is 0 Å². The van der Waals surface area contributed by atoms with Gasteiger partial charge in [0.25, 0.3) is 0 Å². The highest BCUT2D eigenvalue weighted by Gasteiger charge is 2.33. The monoisotopic (exact) mass is 1310 g/mol. The molecule has 1 aliphatic rings. The number of nitrogens with zero attached hydrogens (tertiary/aromatic N) is 2. The number of hydrogen-bond donors (Lipinski definition) is 6. The molecule has 0 aromatic carbocycles. The lowest BCUT2D eigenvalue weighted by molar-refractivity contribution is -0.137. The van der Waals surface area contributed by atoms with E-state index in [1.165, 1.54) is 0 Å². The molecule has 0 saturated carbocycles. The van der Waals surface area contributed by atoms with E-state index in [1.807, 2.05) is 0 Å². The molecule has 1 heterocycles. The Labute approximate surface area is 578 Å². The van der Waals surface area contributed by atoms with Gasteiger partial charge in [-0.15, -0.1) is 0 Å². The van der Waals surface area contributed by atoms with Gasteiger partial charge in [0.1, 0.15) is 12.1 Å². The maximum atomic E-state index is 13.5. The average Bonchev–Trinajstić information content (AvgIpc) is 0.942. The smallest absolute Gasteiger partial charge is 0.243 e. The summed E-state index contributed by atoms with van der Waals surface area (Å²) in [5.41, 5.74) is 0. The van der Waals surface area contributed by atoms with Crippen LogP contribution in [-0.2, 0) is 9.59 Å². The molecule has 6 unspecified atom stereocenters. The quantitative estimate of drug-likeness (QED) is 0.0261. The molecule has 6 atom stereocenters. The topological polar surface area (TPSA) is 146 Å². The van der Waals surface area contributed by atoms with E-state index in [4.69, 9.17) is 0 Å². The van der Waals surface area contributed by atoms with E-state index >= 15 is 0 Å². The zero-order valence-corrected chi connectivity index (χ0v) is 60.8. The molecule has 10 heteroatoms. The van der Waals surface area contributed by atoms with Gasteiger partial charge < -0.3 is 31.1 Å². The summed E-state index contributed by atoms with van der Waals surface area (Å²) < 4.78 is 0. The molecule has 6 N–H and O–H groups in total. The van der Waals surface area contributed by atoms with E-state index in [0.717, 1.165) is 257 Å². The second-order valence-electron chi connectivity index (χ2n) is 26.4. The first-order chi connectivity index (χ1) is 46.1. The van der Waals surface area contributed by atoms with E-state index in [9.17, 15) is 30.0 Å². The molecule has 2 amide bonds. The summed E-state index contributed by atoms with van der Waals surface area (Å²) in [6.07, 6.45) is 93.1. The predicted molar refractivity (Wildman–Crippen MR) is 407 cm³/mol. The summed E-state index contributed by atoms with van der Waals surface area (Å²) >= 11 is 0. The fraction of sp³-hybridized carbons (Fsp3) is 0.690. The van der Waals surface area contributed by atoms with Crippen molar-refractivity contribution in [3.8, 4) is 0 Å². The van der Waals surface area contributed by atoms with Gasteiger partial charge in [0.05, 0.1) is 24.4 Å². The number of aliphatic hydroxyl groups is 4. The van der Waals surface area contributed by atoms with Crippen LogP contribution in [0.2, 0.25) is 0 Å². The molecule has 10 nitrogen and oxygen atoms in total. The van der Waals surface area contributed by atoms with Gasteiger partial charge in [-0.3, -0.25) is 19.4 Å². The summed E-state index contributed by atoms with van der Waals surface area (Å²) in [4.78, 5) is 31.4. The van der Waals surface area contributed by atoms with Crippen molar-refractivity contribution in [1.82, 2.24) is 20.4 Å². The molecule has 0 aromatic heterocycles. The highest BCUT2D eigenvalue weighted by molar-refractivity contribution is 5.96. The third-order valence-corrected chi connectivity index (χ3v) is 17.3. The Balaban J connectivity index is 2.71. The van der Waals surface area contributed by atoms with Gasteiger partial charge in [0, 0.05) is 26.2 Å². The van der Waals surface area contributed by atoms with Crippen LogP contribution in [0.5, 0.6) is 0 Å². The fourth-order valence-corrected chi connectivity index (χ4v) is 11.8. The molecule has 0 radical (unpaired) electrons. The van der Waals surface area contributed by atoms with Crippen LogP contribution in [0.3, 0.4) is 0 Å². The molecule has 1 fully saturated rings. The number of nitrogens with one attached hydrogen (secondary N) is 2. The fourth-order valence-electron chi connectivity index (χ4n) is 11.8. The second kappa shape index (κ2) is 68.5. The summed E-state index contributed by atoms with van der Waals surface area (Å²) in [7, 11) is 0. The molecular formula is C84H144N4O6. The van der Waals surface area contributed by atoms with Crippen molar-refractivity contribution < 1.29 is 30.0 Å². The van der Waals surface area contributed by atoms with Gasteiger partial charge in [0.2, 0.25) is 11.8 Å². The highest BCUT2D eigenvalue weighted by atomic mass is 16.3. The van der Waals surface area contributed by atoms with Gasteiger partial charge in [-0.2, -0.15) is 0 Å². The van der Waals surface area contributed by atoms with Gasteiger partial charge in [-0.25, -0.2) is 0 Å². The number of carbonyl (C=O) groups excluding carboxylic acids is 2. The Morgan fingerprint density at radius 3 is 0.734 bits per heavy atom. The Kier molecular flexibility index (Phi) is 63.8. The summed E-state index contributed by atoms with van der Waals surface area (Å²) in [6, 6.07) is -1.16. The molecule has 0 aromatic rings. The molecule has 536 valence electrons. The lowest BCUT2D eigenvalue weighted by Crippen LogP contribution is -2.61. The molecular weight excluding hydrogens is 1160 g/mol. The van der Waals surface area contributed by atoms with Crippen LogP contribution >= 0.6 is 0 Å². The molecule has 94 heavy (non-hydrogen) atoms. The Bertz CT molecular complexity index is 1840. The van der Waals surface area contributed by atoms with Gasteiger partial charge in [-0.05, 0) is 206 Å². The van der Waals surface area contributed by atoms with Crippen molar-refractivity contribution in [2.45, 2.75) is 334 Å². The first-order valence-electron chi connectivity index (χ1n) is 38.7. The van der Waals surface area contributed by atoms with Crippen molar-refractivity contribution in [2.75, 3.05) is 39.3 Å². The molecule has 1 rings (SSSR count). The first-order valence-corrected chi connectivity index (χ1v) is 38.7. The standard InChI is InChI=1S/C84H144N4O6/c1-5-9-13-17-21-25-29-33-37-41-45-49-53-57-65-77(89)73-87(74-78(90)66-58-54-50-46-42-38-34-30-26-22-18-14-10-6-2)71-63-61-69-81-83(93)86-82(84(94)85-81)70-62-64-72-88(75-79(91)67-59-55-51-47-43-39-35-31-27-23-19-15-11-7-3)76-80(92)68-60-56-52-48-44-40-36-32-28-24-20-16-12-8-4/h9-16,21-28,33-40,77-82,89-92H,5-8,17-20,29-32,41-76H2,1-4H3,(H,85,94)(H,86,93)/b13-9-,14-10-,15-11-,16-12-,25-21-,26-22-,27-23-,28-24-,37-33-,38-34-,39-35-,40-36-. The van der Waals surface area contributed by atoms with Crippen LogP contribution in [-0.4, -0.2) is 118 Å². The number of amides is 2. The predicted octanol–water partition coefficient (Wildman–Crippen LogP) is 20.2. The van der Waals surface area contributed by atoms with Crippen molar-refractivity contribution in [3.63, 3.8) is 0 Å². The Hall–Kier alpha value is -4.42. The number of aliphatic hydroxyl groups excluding tert-OH is 4. The van der Waals surface area contributed by atoms with Crippen molar-refractivity contribution >= 4 is 11.8 Å². The molecule has 0 spiro atoms. The Morgan fingerprint density at radius 1 is 0.287 bits per heavy atom. The molecule has 0 bridgehead atoms. The van der Waals surface area contributed by atoms with Crippen LogP contribution in [0.4, 0.5) is 0 Å². The Morgan fingerprint density at radius 2 is 0.500 bits per heavy atom.